The fraction of sp³-hybridized carbons (Fsp3) is 0.650. The van der Waals surface area contributed by atoms with Crippen molar-refractivity contribution in [1.82, 2.24) is 9.88 Å². The molecule has 1 aromatic rings. The number of carbonyl (C=O) groups is 2. The Hall–Kier alpha value is -2.03. The van der Waals surface area contributed by atoms with Gasteiger partial charge in [0.05, 0.1) is 23.1 Å². The summed E-state index contributed by atoms with van der Waals surface area (Å²) in [4.78, 5) is 32.4. The van der Waals surface area contributed by atoms with E-state index in [0.717, 1.165) is 25.1 Å². The van der Waals surface area contributed by atoms with E-state index >= 15 is 0 Å². The van der Waals surface area contributed by atoms with Crippen LogP contribution in [0.1, 0.15) is 38.2 Å². The Bertz CT molecular complexity index is 782. The van der Waals surface area contributed by atoms with Gasteiger partial charge in [-0.05, 0) is 38.7 Å². The normalized spacial score (nSPS) is 20.9. The Morgan fingerprint density at radius 2 is 1.90 bits per heavy atom. The van der Waals surface area contributed by atoms with Crippen molar-refractivity contribution in [1.29, 1.82) is 0 Å². The number of esters is 1. The predicted molar refractivity (Wildman–Crippen MR) is 105 cm³/mol. The lowest BCUT2D eigenvalue weighted by Crippen LogP contribution is -2.47. The topological polar surface area (TPSA) is 62.7 Å². The Labute approximate surface area is 178 Å². The molecule has 1 aromatic heterocycles. The molecule has 2 aliphatic heterocycles. The molecule has 166 valence electrons. The molecule has 1 atom stereocenters. The summed E-state index contributed by atoms with van der Waals surface area (Å²) >= 11 is 6.04. The lowest BCUT2D eigenvalue weighted by atomic mass is 9.92. The summed E-state index contributed by atoms with van der Waals surface area (Å²) in [7, 11) is 0. The van der Waals surface area contributed by atoms with Crippen molar-refractivity contribution in [3.63, 3.8) is 0 Å². The number of hydrogen-bond acceptors (Lipinski definition) is 5. The van der Waals surface area contributed by atoms with Crippen molar-refractivity contribution in [3.05, 3.63) is 22.8 Å². The Kier molecular flexibility index (Phi) is 7.10. The van der Waals surface area contributed by atoms with Crippen LogP contribution in [0.5, 0.6) is 0 Å². The summed E-state index contributed by atoms with van der Waals surface area (Å²) in [5.74, 6) is -0.396. The number of halogens is 4. The van der Waals surface area contributed by atoms with Crippen LogP contribution in [0, 0.1) is 11.8 Å². The van der Waals surface area contributed by atoms with Gasteiger partial charge in [-0.15, -0.1) is 0 Å². The maximum absolute atomic E-state index is 12.9. The van der Waals surface area contributed by atoms with E-state index in [4.69, 9.17) is 16.3 Å². The van der Waals surface area contributed by atoms with Crippen molar-refractivity contribution >= 4 is 29.3 Å². The molecule has 1 unspecified atom stereocenters. The number of rotatable bonds is 4. The van der Waals surface area contributed by atoms with Gasteiger partial charge in [-0.2, -0.15) is 13.2 Å². The third-order valence-electron chi connectivity index (χ3n) is 5.65. The molecular formula is C20H25ClF3N3O3. The second-order valence-corrected chi connectivity index (χ2v) is 8.07. The first-order chi connectivity index (χ1) is 14.2. The molecule has 0 spiro atoms. The maximum Gasteiger partial charge on any atom is 0.417 e. The smallest absolute Gasteiger partial charge is 0.417 e. The molecular weight excluding hydrogens is 423 g/mol. The average Bonchev–Trinajstić information content (AvgIpc) is 2.73. The number of anilines is 1. The average molecular weight is 448 g/mol. The Morgan fingerprint density at radius 3 is 2.50 bits per heavy atom. The third-order valence-corrected chi connectivity index (χ3v) is 5.92. The number of likely N-dealkylation sites (tertiary alicyclic amines) is 1. The van der Waals surface area contributed by atoms with Crippen LogP contribution >= 0.6 is 11.6 Å². The van der Waals surface area contributed by atoms with Gasteiger partial charge in [0.2, 0.25) is 5.91 Å². The van der Waals surface area contributed by atoms with E-state index in [0.29, 0.717) is 51.4 Å². The number of hydrogen-bond donors (Lipinski definition) is 0. The highest BCUT2D eigenvalue weighted by Crippen LogP contribution is 2.35. The van der Waals surface area contributed by atoms with Crippen molar-refractivity contribution in [2.75, 3.05) is 37.7 Å². The van der Waals surface area contributed by atoms with Crippen LogP contribution in [0.15, 0.2) is 12.3 Å². The number of amides is 1. The second-order valence-electron chi connectivity index (χ2n) is 7.66. The SMILES string of the molecule is CCOC(=O)C1CCCN(C(=O)C2CCN(c3ncc(C(F)(F)F)cc3Cl)CC2)C1. The summed E-state index contributed by atoms with van der Waals surface area (Å²) < 4.78 is 43.5. The fourth-order valence-electron chi connectivity index (χ4n) is 4.04. The van der Waals surface area contributed by atoms with Gasteiger partial charge in [0, 0.05) is 38.3 Å². The molecule has 6 nitrogen and oxygen atoms in total. The zero-order valence-electron chi connectivity index (χ0n) is 16.8. The molecule has 0 saturated carbocycles. The first-order valence-corrected chi connectivity index (χ1v) is 10.5. The predicted octanol–water partition coefficient (Wildman–Crippen LogP) is 3.77. The molecule has 10 heteroatoms. The number of piperidine rings is 2. The van der Waals surface area contributed by atoms with E-state index < -0.39 is 11.7 Å². The van der Waals surface area contributed by atoms with E-state index in [1.165, 1.54) is 0 Å². The van der Waals surface area contributed by atoms with E-state index in [-0.39, 0.29) is 28.7 Å². The van der Waals surface area contributed by atoms with E-state index in [2.05, 4.69) is 4.98 Å². The standard InChI is InChI=1S/C20H25ClF3N3O3/c1-2-30-19(29)14-4-3-7-27(12-14)18(28)13-5-8-26(9-6-13)17-16(21)10-15(11-25-17)20(22,23)24/h10-11,13-14H,2-9,12H2,1H3. The minimum atomic E-state index is -4.50. The first kappa shape index (κ1) is 22.7. The van der Waals surface area contributed by atoms with Gasteiger partial charge in [-0.1, -0.05) is 11.6 Å². The zero-order valence-corrected chi connectivity index (χ0v) is 17.5. The quantitative estimate of drug-likeness (QED) is 0.657. The molecule has 2 fully saturated rings. The van der Waals surface area contributed by atoms with Gasteiger partial charge in [-0.25, -0.2) is 4.98 Å². The van der Waals surface area contributed by atoms with Crippen molar-refractivity contribution < 1.29 is 27.5 Å². The van der Waals surface area contributed by atoms with Crippen molar-refractivity contribution in [2.24, 2.45) is 11.8 Å². The number of nitrogens with zero attached hydrogens (tertiary/aromatic N) is 3. The fourth-order valence-corrected chi connectivity index (χ4v) is 4.33. The van der Waals surface area contributed by atoms with Crippen LogP contribution in [0.25, 0.3) is 0 Å². The van der Waals surface area contributed by atoms with Gasteiger partial charge in [-0.3, -0.25) is 9.59 Å². The summed E-state index contributed by atoms with van der Waals surface area (Å²) in [6, 6.07) is 0.879. The Balaban J connectivity index is 1.57. The van der Waals surface area contributed by atoms with Crippen LogP contribution in [0.4, 0.5) is 19.0 Å². The van der Waals surface area contributed by atoms with Crippen LogP contribution in [-0.2, 0) is 20.5 Å². The minimum absolute atomic E-state index is 0.0233. The molecule has 2 saturated heterocycles. The molecule has 2 aliphatic rings. The van der Waals surface area contributed by atoms with Crippen LogP contribution in [-0.4, -0.2) is 54.5 Å². The molecule has 3 rings (SSSR count). The second kappa shape index (κ2) is 9.41. The zero-order chi connectivity index (χ0) is 21.9. The molecule has 0 aromatic carbocycles. The van der Waals surface area contributed by atoms with Gasteiger partial charge in [0.1, 0.15) is 5.82 Å². The van der Waals surface area contributed by atoms with E-state index in [1.807, 2.05) is 4.90 Å². The lowest BCUT2D eigenvalue weighted by Gasteiger charge is -2.37. The highest BCUT2D eigenvalue weighted by Gasteiger charge is 2.35. The third kappa shape index (κ3) is 5.17. The highest BCUT2D eigenvalue weighted by molar-refractivity contribution is 6.33. The number of aromatic nitrogens is 1. The first-order valence-electron chi connectivity index (χ1n) is 10.1. The molecule has 0 radical (unpaired) electrons. The van der Waals surface area contributed by atoms with Crippen LogP contribution in [0.2, 0.25) is 5.02 Å². The highest BCUT2D eigenvalue weighted by atomic mass is 35.5. The molecule has 0 bridgehead atoms. The largest absolute Gasteiger partial charge is 0.466 e. The Morgan fingerprint density at radius 1 is 1.20 bits per heavy atom. The minimum Gasteiger partial charge on any atom is -0.466 e. The molecule has 3 heterocycles. The maximum atomic E-state index is 12.9. The van der Waals surface area contributed by atoms with Gasteiger partial charge < -0.3 is 14.5 Å². The molecule has 30 heavy (non-hydrogen) atoms. The van der Waals surface area contributed by atoms with Crippen LogP contribution in [0.3, 0.4) is 0 Å². The number of pyridine rings is 1. The van der Waals surface area contributed by atoms with Crippen LogP contribution < -0.4 is 4.90 Å². The van der Waals surface area contributed by atoms with Gasteiger partial charge in [0.25, 0.3) is 0 Å². The van der Waals surface area contributed by atoms with E-state index in [9.17, 15) is 22.8 Å². The summed E-state index contributed by atoms with van der Waals surface area (Å²) in [6.45, 7) is 4.04. The van der Waals surface area contributed by atoms with Crippen molar-refractivity contribution in [3.8, 4) is 0 Å². The van der Waals surface area contributed by atoms with Crippen molar-refractivity contribution in [2.45, 2.75) is 38.8 Å². The molecule has 0 aliphatic carbocycles. The number of carbonyl (C=O) groups excluding carboxylic acids is 2. The lowest BCUT2D eigenvalue weighted by molar-refractivity contribution is -0.152. The van der Waals surface area contributed by atoms with Gasteiger partial charge >= 0.3 is 12.1 Å². The summed E-state index contributed by atoms with van der Waals surface area (Å²) in [6.07, 6.45) is -1.12. The number of alkyl halides is 3. The molecule has 0 N–H and O–H groups in total. The van der Waals surface area contributed by atoms with E-state index in [1.54, 1.807) is 11.8 Å². The monoisotopic (exact) mass is 447 g/mol. The van der Waals surface area contributed by atoms with Gasteiger partial charge in [0.15, 0.2) is 0 Å². The summed E-state index contributed by atoms with van der Waals surface area (Å²) in [5, 5.41) is -0.0529. The summed E-state index contributed by atoms with van der Waals surface area (Å²) in [5.41, 5.74) is -0.887. The number of ether oxygens (including phenoxy) is 1. The molecule has 1 amide bonds.